The van der Waals surface area contributed by atoms with Crippen molar-refractivity contribution in [2.45, 2.75) is 6.42 Å². The lowest BCUT2D eigenvalue weighted by molar-refractivity contribution is 0.0782. The molecule has 1 saturated heterocycles. The Morgan fingerprint density at radius 3 is 2.95 bits per heavy atom. The van der Waals surface area contributed by atoms with Gasteiger partial charge in [-0.25, -0.2) is 4.98 Å². The topological polar surface area (TPSA) is 59.2 Å². The highest BCUT2D eigenvalue weighted by Crippen LogP contribution is 2.20. The summed E-state index contributed by atoms with van der Waals surface area (Å²) >= 11 is 5.97. The summed E-state index contributed by atoms with van der Waals surface area (Å²) in [4.78, 5) is 18.7. The van der Waals surface area contributed by atoms with E-state index in [4.69, 9.17) is 17.3 Å². The molecule has 3 rings (SSSR count). The van der Waals surface area contributed by atoms with Crippen LogP contribution < -0.4 is 5.73 Å². The lowest BCUT2D eigenvalue weighted by atomic mass is 10.1. The van der Waals surface area contributed by atoms with Crippen molar-refractivity contribution in [3.63, 3.8) is 0 Å². The first-order valence-electron chi connectivity index (χ1n) is 6.73. The maximum atomic E-state index is 12.4. The number of rotatable bonds is 2. The van der Waals surface area contributed by atoms with Gasteiger partial charge in [-0.1, -0.05) is 23.7 Å². The van der Waals surface area contributed by atoms with E-state index in [1.165, 1.54) is 0 Å². The Bertz CT molecular complexity index is 659. The number of likely N-dealkylation sites (tertiary alicyclic amines) is 1. The zero-order valence-electron chi connectivity index (χ0n) is 11.1. The van der Waals surface area contributed by atoms with E-state index in [2.05, 4.69) is 4.98 Å². The molecule has 4 nitrogen and oxygen atoms in total. The van der Waals surface area contributed by atoms with E-state index in [1.807, 2.05) is 23.1 Å². The Kier molecular flexibility index (Phi) is 3.59. The number of carbonyl (C=O) groups is 1. The van der Waals surface area contributed by atoms with E-state index in [-0.39, 0.29) is 5.91 Å². The summed E-state index contributed by atoms with van der Waals surface area (Å²) in [6.45, 7) is 2.12. The quantitative estimate of drug-likeness (QED) is 0.923. The summed E-state index contributed by atoms with van der Waals surface area (Å²) in [7, 11) is 0. The van der Waals surface area contributed by atoms with Crippen molar-refractivity contribution in [3.05, 3.63) is 41.0 Å². The second-order valence-corrected chi connectivity index (χ2v) is 5.61. The van der Waals surface area contributed by atoms with Crippen LogP contribution in [0.4, 0.5) is 0 Å². The fourth-order valence-electron chi connectivity index (χ4n) is 2.58. The molecule has 0 bridgehead atoms. The van der Waals surface area contributed by atoms with Gasteiger partial charge in [0.15, 0.2) is 0 Å². The van der Waals surface area contributed by atoms with Gasteiger partial charge in [-0.05, 0) is 37.1 Å². The predicted octanol–water partition coefficient (Wildman–Crippen LogP) is 2.31. The van der Waals surface area contributed by atoms with E-state index >= 15 is 0 Å². The number of halogens is 1. The highest BCUT2D eigenvalue weighted by Gasteiger charge is 2.26. The molecular formula is C15H16ClN3O. The predicted molar refractivity (Wildman–Crippen MR) is 79.8 cm³/mol. The molecule has 1 aliphatic heterocycles. The van der Waals surface area contributed by atoms with Crippen molar-refractivity contribution >= 4 is 28.4 Å². The van der Waals surface area contributed by atoms with Gasteiger partial charge in [0.05, 0.1) is 5.52 Å². The molecule has 1 atom stereocenters. The Morgan fingerprint density at radius 2 is 2.20 bits per heavy atom. The second kappa shape index (κ2) is 5.38. The molecule has 0 radical (unpaired) electrons. The fourth-order valence-corrected chi connectivity index (χ4v) is 2.75. The minimum atomic E-state index is -0.0252. The third kappa shape index (κ3) is 2.49. The number of nitrogens with zero attached hydrogens (tertiary/aromatic N) is 2. The average Bonchev–Trinajstić information content (AvgIpc) is 2.94. The van der Waals surface area contributed by atoms with Crippen LogP contribution in [0.2, 0.25) is 5.02 Å². The number of pyridine rings is 1. The van der Waals surface area contributed by atoms with E-state index in [9.17, 15) is 4.79 Å². The van der Waals surface area contributed by atoms with Crippen LogP contribution in [0.5, 0.6) is 0 Å². The van der Waals surface area contributed by atoms with Gasteiger partial charge < -0.3 is 10.6 Å². The molecule has 2 N–H and O–H groups in total. The fraction of sp³-hybridized carbons (Fsp3) is 0.333. The molecule has 0 saturated carbocycles. The lowest BCUT2D eigenvalue weighted by Crippen LogP contribution is -2.30. The number of benzene rings is 1. The molecule has 1 unspecified atom stereocenters. The number of amides is 1. The molecule has 20 heavy (non-hydrogen) atoms. The van der Waals surface area contributed by atoms with Crippen molar-refractivity contribution in [3.8, 4) is 0 Å². The van der Waals surface area contributed by atoms with Crippen LogP contribution in [0.15, 0.2) is 30.3 Å². The number of fused-ring (bicyclic) bond motifs is 1. The van der Waals surface area contributed by atoms with Gasteiger partial charge >= 0.3 is 0 Å². The molecule has 1 fully saturated rings. The van der Waals surface area contributed by atoms with Crippen LogP contribution in [-0.4, -0.2) is 35.4 Å². The summed E-state index contributed by atoms with van der Waals surface area (Å²) in [6, 6.07) is 9.18. The van der Waals surface area contributed by atoms with Crippen LogP contribution in [0.3, 0.4) is 0 Å². The normalized spacial score (nSPS) is 18.7. The van der Waals surface area contributed by atoms with Crippen molar-refractivity contribution in [1.82, 2.24) is 9.88 Å². The Hall–Kier alpha value is -1.65. The lowest BCUT2D eigenvalue weighted by Gasteiger charge is -2.15. The third-order valence-electron chi connectivity index (χ3n) is 3.78. The van der Waals surface area contributed by atoms with Gasteiger partial charge in [0.1, 0.15) is 5.69 Å². The summed E-state index contributed by atoms with van der Waals surface area (Å²) < 4.78 is 0. The molecule has 0 aliphatic carbocycles. The Labute approximate surface area is 122 Å². The summed E-state index contributed by atoms with van der Waals surface area (Å²) in [5.74, 6) is 0.386. The largest absolute Gasteiger partial charge is 0.337 e. The van der Waals surface area contributed by atoms with Crippen LogP contribution >= 0.6 is 11.6 Å². The van der Waals surface area contributed by atoms with Crippen molar-refractivity contribution in [2.24, 2.45) is 11.7 Å². The molecule has 1 aromatic carbocycles. The molecule has 2 heterocycles. The first-order valence-corrected chi connectivity index (χ1v) is 7.11. The summed E-state index contributed by atoms with van der Waals surface area (Å²) in [5, 5.41) is 1.60. The number of aromatic nitrogens is 1. The maximum Gasteiger partial charge on any atom is 0.272 e. The second-order valence-electron chi connectivity index (χ2n) is 5.18. The molecule has 1 aromatic heterocycles. The Morgan fingerprint density at radius 1 is 1.40 bits per heavy atom. The number of hydrogen-bond acceptors (Lipinski definition) is 3. The smallest absolute Gasteiger partial charge is 0.272 e. The van der Waals surface area contributed by atoms with Crippen LogP contribution in [0.1, 0.15) is 16.9 Å². The third-order valence-corrected chi connectivity index (χ3v) is 4.01. The van der Waals surface area contributed by atoms with Gasteiger partial charge in [0.25, 0.3) is 5.91 Å². The van der Waals surface area contributed by atoms with E-state index in [0.29, 0.717) is 23.2 Å². The number of carbonyl (C=O) groups excluding carboxylic acids is 1. The van der Waals surface area contributed by atoms with E-state index in [1.54, 1.807) is 12.1 Å². The summed E-state index contributed by atoms with van der Waals surface area (Å²) in [6.07, 6.45) is 0.974. The number of hydrogen-bond donors (Lipinski definition) is 1. The maximum absolute atomic E-state index is 12.4. The molecule has 1 amide bonds. The molecule has 104 valence electrons. The van der Waals surface area contributed by atoms with Gasteiger partial charge in [0.2, 0.25) is 0 Å². The van der Waals surface area contributed by atoms with Gasteiger partial charge in [-0.2, -0.15) is 0 Å². The molecule has 2 aromatic rings. The van der Waals surface area contributed by atoms with Crippen LogP contribution in [0, 0.1) is 5.92 Å². The summed E-state index contributed by atoms with van der Waals surface area (Å²) in [5.41, 5.74) is 6.88. The van der Waals surface area contributed by atoms with E-state index in [0.717, 1.165) is 30.4 Å². The molecule has 0 spiro atoms. The van der Waals surface area contributed by atoms with Crippen molar-refractivity contribution in [2.75, 3.05) is 19.6 Å². The zero-order chi connectivity index (χ0) is 14.1. The number of nitrogens with two attached hydrogens (primary N) is 1. The van der Waals surface area contributed by atoms with Gasteiger partial charge in [-0.3, -0.25) is 4.79 Å². The minimum absolute atomic E-state index is 0.0252. The van der Waals surface area contributed by atoms with Gasteiger partial charge in [0, 0.05) is 23.5 Å². The van der Waals surface area contributed by atoms with E-state index < -0.39 is 0 Å². The highest BCUT2D eigenvalue weighted by molar-refractivity contribution is 6.31. The highest BCUT2D eigenvalue weighted by atomic mass is 35.5. The first kappa shape index (κ1) is 13.3. The minimum Gasteiger partial charge on any atom is -0.337 e. The average molecular weight is 290 g/mol. The SMILES string of the molecule is NCC1CCN(C(=O)c2ccc3ccc(Cl)cc3n2)C1. The zero-order valence-corrected chi connectivity index (χ0v) is 11.8. The van der Waals surface area contributed by atoms with Crippen molar-refractivity contribution < 1.29 is 4.79 Å². The standard InChI is InChI=1S/C15H16ClN3O/c16-12-3-1-11-2-4-13(18-14(11)7-12)15(20)19-6-5-10(8-17)9-19/h1-4,7,10H,5-6,8-9,17H2. The van der Waals surface area contributed by atoms with Crippen LogP contribution in [-0.2, 0) is 0 Å². The molecule has 1 aliphatic rings. The Balaban J connectivity index is 1.88. The van der Waals surface area contributed by atoms with Crippen molar-refractivity contribution in [1.29, 1.82) is 0 Å². The monoisotopic (exact) mass is 289 g/mol. The molecule has 5 heteroatoms. The first-order chi connectivity index (χ1) is 9.67. The molecular weight excluding hydrogens is 274 g/mol. The van der Waals surface area contributed by atoms with Crippen LogP contribution in [0.25, 0.3) is 10.9 Å². The van der Waals surface area contributed by atoms with Gasteiger partial charge in [-0.15, -0.1) is 0 Å².